The van der Waals surface area contributed by atoms with E-state index in [0.717, 1.165) is 66.4 Å². The Morgan fingerprint density at radius 1 is 0.450 bits per heavy atom. The second kappa shape index (κ2) is 13.9. The zero-order valence-corrected chi connectivity index (χ0v) is 31.5. The lowest BCUT2D eigenvalue weighted by molar-refractivity contribution is -0.137. The van der Waals surface area contributed by atoms with Crippen LogP contribution in [0.4, 0.5) is 24.5 Å². The summed E-state index contributed by atoms with van der Waals surface area (Å²) in [5.41, 5.74) is 9.75. The summed E-state index contributed by atoms with van der Waals surface area (Å²) < 4.78 is 48.2. The first-order valence-electron chi connectivity index (χ1n) is 19.0. The van der Waals surface area contributed by atoms with Gasteiger partial charge in [-0.2, -0.15) is 18.4 Å². The number of nitrogens with zero attached hydrogens (tertiary/aromatic N) is 5. The topological polar surface area (TPSA) is 42.4 Å². The van der Waals surface area contributed by atoms with Gasteiger partial charge in [-0.25, -0.2) is 9.69 Å². The van der Waals surface area contributed by atoms with Crippen LogP contribution in [0.25, 0.3) is 98.1 Å². The predicted octanol–water partition coefficient (Wildman–Crippen LogP) is 14.9. The number of alkyl halides is 3. The average Bonchev–Trinajstić information content (AvgIpc) is 3.80. The summed E-state index contributed by atoms with van der Waals surface area (Å²) in [5, 5.41) is 13.0. The normalized spacial score (nSPS) is 11.5. The van der Waals surface area contributed by atoms with E-state index in [9.17, 15) is 18.4 Å². The van der Waals surface area contributed by atoms with Crippen molar-refractivity contribution in [3.05, 3.63) is 204 Å². The van der Waals surface area contributed by atoms with E-state index in [1.807, 2.05) is 108 Å². The quantitative estimate of drug-likeness (QED) is 0.160. The molecule has 0 spiro atoms. The van der Waals surface area contributed by atoms with Gasteiger partial charge in [0.05, 0.1) is 63.8 Å². The van der Waals surface area contributed by atoms with Crippen LogP contribution in [0.2, 0.25) is 0 Å². The summed E-state index contributed by atoms with van der Waals surface area (Å²) in [5.74, 6) is 0. The average molecular weight is 780 g/mol. The minimum absolute atomic E-state index is 0.317. The number of rotatable bonds is 5. The summed E-state index contributed by atoms with van der Waals surface area (Å²) >= 11 is 0. The van der Waals surface area contributed by atoms with Crippen molar-refractivity contribution < 1.29 is 13.2 Å². The standard InChI is InChI=1S/C52H28F3N5/c1-57-38-20-15-34(16-21-38)36-18-25-49-44(28-36)41-8-4-6-10-47(41)60(49)51-29-37(52(53,54)55)19-23-42(51)45-30-39(58-2)22-26-50(45)59-46-9-5-3-7-40(46)43-27-35(17-24-48(43)59)33-13-11-32(31-56)12-14-33/h3-30H. The van der Waals surface area contributed by atoms with Crippen LogP contribution in [-0.4, -0.2) is 9.13 Å². The Balaban J connectivity index is 1.24. The highest BCUT2D eigenvalue weighted by Gasteiger charge is 2.32. The molecule has 0 N–H and O–H groups in total. The van der Waals surface area contributed by atoms with Crippen LogP contribution in [-0.2, 0) is 6.18 Å². The Bertz CT molecular complexity index is 3500. The predicted molar refractivity (Wildman–Crippen MR) is 234 cm³/mol. The van der Waals surface area contributed by atoms with Crippen molar-refractivity contribution in [3.8, 4) is 50.8 Å². The van der Waals surface area contributed by atoms with Gasteiger partial charge in [0.15, 0.2) is 11.4 Å². The lowest BCUT2D eigenvalue weighted by atomic mass is 9.98. The van der Waals surface area contributed by atoms with Gasteiger partial charge in [-0.1, -0.05) is 97.1 Å². The van der Waals surface area contributed by atoms with Crippen LogP contribution in [0.5, 0.6) is 0 Å². The Hall–Kier alpha value is -8.38. The highest BCUT2D eigenvalue weighted by atomic mass is 19.4. The van der Waals surface area contributed by atoms with Crippen molar-refractivity contribution in [3.63, 3.8) is 0 Å². The van der Waals surface area contributed by atoms with Gasteiger partial charge in [0.1, 0.15) is 0 Å². The largest absolute Gasteiger partial charge is 0.416 e. The molecule has 60 heavy (non-hydrogen) atoms. The fourth-order valence-electron chi connectivity index (χ4n) is 8.41. The van der Waals surface area contributed by atoms with Gasteiger partial charge in [0.25, 0.3) is 0 Å². The Morgan fingerprint density at radius 3 is 1.50 bits per heavy atom. The number of halogens is 3. The molecule has 2 aromatic heterocycles. The summed E-state index contributed by atoms with van der Waals surface area (Å²) in [4.78, 5) is 7.29. The molecule has 8 heteroatoms. The highest BCUT2D eigenvalue weighted by molar-refractivity contribution is 6.13. The molecule has 5 nitrogen and oxygen atoms in total. The number of hydrogen-bond donors (Lipinski definition) is 0. The molecule has 0 aliphatic heterocycles. The van der Waals surface area contributed by atoms with Crippen LogP contribution in [0.1, 0.15) is 11.1 Å². The minimum Gasteiger partial charge on any atom is -0.309 e. The Labute approximate surface area is 342 Å². The van der Waals surface area contributed by atoms with Crippen molar-refractivity contribution in [2.45, 2.75) is 6.18 Å². The van der Waals surface area contributed by atoms with Gasteiger partial charge >= 0.3 is 6.18 Å². The van der Waals surface area contributed by atoms with Crippen LogP contribution >= 0.6 is 0 Å². The molecular formula is C52H28F3N5. The van der Waals surface area contributed by atoms with Crippen LogP contribution < -0.4 is 0 Å². The molecule has 0 saturated heterocycles. The maximum atomic E-state index is 14.7. The molecule has 10 aromatic rings. The van der Waals surface area contributed by atoms with E-state index in [-0.39, 0.29) is 0 Å². The zero-order chi connectivity index (χ0) is 41.1. The first kappa shape index (κ1) is 36.0. The third-order valence-corrected chi connectivity index (χ3v) is 11.2. The summed E-state index contributed by atoms with van der Waals surface area (Å²) in [6.45, 7) is 15.4. The molecule has 0 aliphatic rings. The molecule has 0 radical (unpaired) electrons. The van der Waals surface area contributed by atoms with Crippen molar-refractivity contribution >= 4 is 55.0 Å². The highest BCUT2D eigenvalue weighted by Crippen LogP contribution is 2.45. The number of aromatic nitrogens is 2. The molecule has 0 saturated carbocycles. The van der Waals surface area contributed by atoms with E-state index in [2.05, 4.69) is 32.5 Å². The smallest absolute Gasteiger partial charge is 0.309 e. The molecule has 0 aliphatic carbocycles. The van der Waals surface area contributed by atoms with E-state index < -0.39 is 11.7 Å². The zero-order valence-electron chi connectivity index (χ0n) is 31.5. The van der Waals surface area contributed by atoms with Gasteiger partial charge < -0.3 is 9.13 Å². The van der Waals surface area contributed by atoms with E-state index in [1.165, 1.54) is 12.1 Å². The molecule has 0 unspecified atom stereocenters. The Morgan fingerprint density at radius 2 is 0.950 bits per heavy atom. The van der Waals surface area contributed by atoms with Gasteiger partial charge in [-0.15, -0.1) is 0 Å². The van der Waals surface area contributed by atoms with E-state index in [1.54, 1.807) is 36.4 Å². The summed E-state index contributed by atoms with van der Waals surface area (Å²) in [6, 6.07) is 54.0. The number of nitriles is 1. The molecule has 0 fully saturated rings. The molecule has 0 amide bonds. The van der Waals surface area contributed by atoms with Gasteiger partial charge in [-0.05, 0) is 101 Å². The SMILES string of the molecule is [C-]#[N+]c1ccc(-c2ccc3c(c2)c2ccccc2n3-c2cc(C(F)(F)F)ccc2-c2cc([N+]#[C-])ccc2-n2c3ccccc3c3cc(-c4ccc(C#N)cc4)ccc32)cc1. The van der Waals surface area contributed by atoms with Gasteiger partial charge in [0, 0.05) is 27.1 Å². The lowest BCUT2D eigenvalue weighted by Gasteiger charge is -2.20. The van der Waals surface area contributed by atoms with Gasteiger partial charge in [0.2, 0.25) is 0 Å². The van der Waals surface area contributed by atoms with E-state index in [0.29, 0.717) is 45.0 Å². The fraction of sp³-hybridized carbons (Fsp3) is 0.0192. The molecule has 10 rings (SSSR count). The van der Waals surface area contributed by atoms with Crippen molar-refractivity contribution in [2.75, 3.05) is 0 Å². The molecular weight excluding hydrogens is 752 g/mol. The number of hydrogen-bond acceptors (Lipinski definition) is 1. The maximum Gasteiger partial charge on any atom is 0.416 e. The minimum atomic E-state index is -4.63. The second-order valence-corrected chi connectivity index (χ2v) is 14.6. The van der Waals surface area contributed by atoms with Crippen LogP contribution in [0.15, 0.2) is 170 Å². The number of para-hydroxylation sites is 2. The molecule has 0 atom stereocenters. The van der Waals surface area contributed by atoms with Crippen molar-refractivity contribution in [2.24, 2.45) is 0 Å². The van der Waals surface area contributed by atoms with Crippen molar-refractivity contribution in [1.29, 1.82) is 5.26 Å². The summed E-state index contributed by atoms with van der Waals surface area (Å²) in [6.07, 6.45) is -4.63. The maximum absolute atomic E-state index is 14.7. The third kappa shape index (κ3) is 5.85. The second-order valence-electron chi connectivity index (χ2n) is 14.6. The van der Waals surface area contributed by atoms with E-state index >= 15 is 0 Å². The lowest BCUT2D eigenvalue weighted by Crippen LogP contribution is -2.08. The number of fused-ring (bicyclic) bond motifs is 6. The molecule has 2 heterocycles. The summed E-state index contributed by atoms with van der Waals surface area (Å²) in [7, 11) is 0. The first-order chi connectivity index (χ1) is 29.2. The molecule has 282 valence electrons. The molecule has 8 aromatic carbocycles. The van der Waals surface area contributed by atoms with Crippen LogP contribution in [0.3, 0.4) is 0 Å². The monoisotopic (exact) mass is 779 g/mol. The van der Waals surface area contributed by atoms with Crippen LogP contribution in [0, 0.1) is 24.5 Å². The molecule has 0 bridgehead atoms. The van der Waals surface area contributed by atoms with E-state index in [4.69, 9.17) is 13.1 Å². The third-order valence-electron chi connectivity index (χ3n) is 11.2. The fourth-order valence-corrected chi connectivity index (χ4v) is 8.41. The van der Waals surface area contributed by atoms with Gasteiger partial charge in [-0.3, -0.25) is 0 Å². The number of benzene rings is 8. The first-order valence-corrected chi connectivity index (χ1v) is 19.0. The Kier molecular flexibility index (Phi) is 8.35. The van der Waals surface area contributed by atoms with Crippen molar-refractivity contribution in [1.82, 2.24) is 9.13 Å².